The predicted molar refractivity (Wildman–Crippen MR) is 90.1 cm³/mol. The summed E-state index contributed by atoms with van der Waals surface area (Å²) >= 11 is 0. The third-order valence-electron chi connectivity index (χ3n) is 3.33. The number of aromatic nitrogens is 2. The van der Waals surface area contributed by atoms with Gasteiger partial charge in [0.05, 0.1) is 0 Å². The molecular formula is C16H29N5O. The number of guanidine groups is 1. The predicted octanol–water partition coefficient (Wildman–Crippen LogP) is 2.60. The Balaban J connectivity index is 2.27. The van der Waals surface area contributed by atoms with Gasteiger partial charge < -0.3 is 14.7 Å². The number of nitrogens with zero attached hydrogens (tertiary/aromatic N) is 4. The number of nitrogens with one attached hydrogen (secondary N) is 1. The molecule has 0 aliphatic heterocycles. The van der Waals surface area contributed by atoms with Crippen molar-refractivity contribution >= 4 is 5.96 Å². The monoisotopic (exact) mass is 307 g/mol. The number of hydrogen-bond acceptors (Lipinski definition) is 4. The summed E-state index contributed by atoms with van der Waals surface area (Å²) in [4.78, 5) is 10.8. The lowest BCUT2D eigenvalue weighted by Gasteiger charge is -2.21. The highest BCUT2D eigenvalue weighted by Gasteiger charge is 2.09. The Labute approximate surface area is 133 Å². The molecule has 0 bridgehead atoms. The maximum atomic E-state index is 5.23. The highest BCUT2D eigenvalue weighted by atomic mass is 16.5. The summed E-state index contributed by atoms with van der Waals surface area (Å²) in [6, 6.07) is 0. The Morgan fingerprint density at radius 2 is 2.23 bits per heavy atom. The van der Waals surface area contributed by atoms with Crippen LogP contribution in [0.25, 0.3) is 0 Å². The fourth-order valence-electron chi connectivity index (χ4n) is 2.01. The van der Waals surface area contributed by atoms with Gasteiger partial charge in [0.1, 0.15) is 0 Å². The van der Waals surface area contributed by atoms with Crippen molar-refractivity contribution in [2.24, 2.45) is 4.99 Å². The van der Waals surface area contributed by atoms with Crippen molar-refractivity contribution in [1.82, 2.24) is 20.4 Å². The van der Waals surface area contributed by atoms with Crippen molar-refractivity contribution < 1.29 is 4.52 Å². The lowest BCUT2D eigenvalue weighted by Crippen LogP contribution is -2.39. The van der Waals surface area contributed by atoms with E-state index in [1.807, 2.05) is 13.1 Å². The van der Waals surface area contributed by atoms with E-state index in [1.165, 1.54) is 0 Å². The summed E-state index contributed by atoms with van der Waals surface area (Å²) in [6.07, 6.45) is 5.76. The zero-order valence-electron chi connectivity index (χ0n) is 14.3. The molecule has 0 amide bonds. The van der Waals surface area contributed by atoms with Gasteiger partial charge in [-0.05, 0) is 19.3 Å². The smallest absolute Gasteiger partial charge is 0.226 e. The number of rotatable bonds is 9. The molecule has 22 heavy (non-hydrogen) atoms. The minimum absolute atomic E-state index is 0.304. The largest absolute Gasteiger partial charge is 0.356 e. The van der Waals surface area contributed by atoms with Crippen LogP contribution in [-0.2, 0) is 6.42 Å². The lowest BCUT2D eigenvalue weighted by molar-refractivity contribution is 0.368. The first kappa shape index (κ1) is 18.2. The molecule has 124 valence electrons. The zero-order valence-corrected chi connectivity index (χ0v) is 14.3. The van der Waals surface area contributed by atoms with Crippen molar-refractivity contribution in [3.63, 3.8) is 0 Å². The maximum absolute atomic E-state index is 5.23. The Hall–Kier alpha value is -1.85. The quantitative estimate of drug-likeness (QED) is 0.329. The van der Waals surface area contributed by atoms with E-state index >= 15 is 0 Å². The normalized spacial score (nSPS) is 11.8. The van der Waals surface area contributed by atoms with E-state index in [2.05, 4.69) is 45.8 Å². The first-order valence-electron chi connectivity index (χ1n) is 7.93. The van der Waals surface area contributed by atoms with Gasteiger partial charge in [-0.2, -0.15) is 4.98 Å². The van der Waals surface area contributed by atoms with Crippen molar-refractivity contribution in [3.8, 4) is 0 Å². The number of aryl methyl sites for hydroxylation is 1. The van der Waals surface area contributed by atoms with E-state index in [0.717, 1.165) is 50.6 Å². The second kappa shape index (κ2) is 9.97. The molecule has 0 atom stereocenters. The molecular weight excluding hydrogens is 278 g/mol. The van der Waals surface area contributed by atoms with Gasteiger partial charge in [0.15, 0.2) is 11.8 Å². The van der Waals surface area contributed by atoms with Gasteiger partial charge in [-0.15, -0.1) is 6.58 Å². The molecule has 1 rings (SSSR count). The molecule has 6 heteroatoms. The topological polar surface area (TPSA) is 66.5 Å². The molecule has 0 spiro atoms. The third-order valence-corrected chi connectivity index (χ3v) is 3.33. The van der Waals surface area contributed by atoms with Crippen LogP contribution in [0, 0.1) is 0 Å². The highest BCUT2D eigenvalue weighted by Crippen LogP contribution is 2.10. The van der Waals surface area contributed by atoms with Crippen LogP contribution >= 0.6 is 0 Å². The molecule has 0 aliphatic rings. The van der Waals surface area contributed by atoms with Crippen LogP contribution in [0.1, 0.15) is 50.7 Å². The zero-order chi connectivity index (χ0) is 16.4. The standard InChI is InChI=1S/C16H29N5O/c1-6-7-8-12-21(5)16(17-4)18-11-9-10-14-19-15(13(2)3)20-22-14/h6,13H,1,7-12H2,2-5H3,(H,17,18). The van der Waals surface area contributed by atoms with E-state index in [0.29, 0.717) is 11.8 Å². The Morgan fingerprint density at radius 3 is 2.82 bits per heavy atom. The second-order valence-electron chi connectivity index (χ2n) is 5.63. The van der Waals surface area contributed by atoms with E-state index in [9.17, 15) is 0 Å². The summed E-state index contributed by atoms with van der Waals surface area (Å²) in [5.41, 5.74) is 0. The van der Waals surface area contributed by atoms with Crippen molar-refractivity contribution in [2.45, 2.75) is 45.4 Å². The van der Waals surface area contributed by atoms with Crippen LogP contribution < -0.4 is 5.32 Å². The summed E-state index contributed by atoms with van der Waals surface area (Å²) in [5, 5.41) is 7.33. The van der Waals surface area contributed by atoms with Crippen LogP contribution in [0.2, 0.25) is 0 Å². The minimum atomic E-state index is 0.304. The molecule has 6 nitrogen and oxygen atoms in total. The average Bonchev–Trinajstić information content (AvgIpc) is 2.96. The van der Waals surface area contributed by atoms with Gasteiger partial charge in [-0.25, -0.2) is 0 Å². The molecule has 0 radical (unpaired) electrons. The van der Waals surface area contributed by atoms with Crippen molar-refractivity contribution in [1.29, 1.82) is 0 Å². The van der Waals surface area contributed by atoms with E-state index in [-0.39, 0.29) is 0 Å². The fourth-order valence-corrected chi connectivity index (χ4v) is 2.01. The van der Waals surface area contributed by atoms with Gasteiger partial charge in [0.2, 0.25) is 5.89 Å². The van der Waals surface area contributed by atoms with Crippen LogP contribution in [0.15, 0.2) is 22.2 Å². The van der Waals surface area contributed by atoms with E-state index in [4.69, 9.17) is 4.52 Å². The van der Waals surface area contributed by atoms with Crippen LogP contribution in [-0.4, -0.2) is 48.2 Å². The van der Waals surface area contributed by atoms with Gasteiger partial charge >= 0.3 is 0 Å². The van der Waals surface area contributed by atoms with Crippen molar-refractivity contribution in [3.05, 3.63) is 24.4 Å². The summed E-state index contributed by atoms with van der Waals surface area (Å²) in [7, 11) is 3.85. The number of aliphatic imine (C=N–C) groups is 1. The molecule has 1 N–H and O–H groups in total. The number of unbranched alkanes of at least 4 members (excludes halogenated alkanes) is 1. The first-order chi connectivity index (χ1) is 10.6. The summed E-state index contributed by atoms with van der Waals surface area (Å²) < 4.78 is 5.23. The molecule has 0 unspecified atom stereocenters. The molecule has 0 fully saturated rings. The number of allylic oxidation sites excluding steroid dienone is 1. The molecule has 1 heterocycles. The van der Waals surface area contributed by atoms with Gasteiger partial charge in [0, 0.05) is 39.5 Å². The van der Waals surface area contributed by atoms with Crippen molar-refractivity contribution in [2.75, 3.05) is 27.2 Å². The van der Waals surface area contributed by atoms with Gasteiger partial charge in [-0.3, -0.25) is 4.99 Å². The van der Waals surface area contributed by atoms with E-state index < -0.39 is 0 Å². The number of hydrogen-bond donors (Lipinski definition) is 1. The summed E-state index contributed by atoms with van der Waals surface area (Å²) in [6.45, 7) is 9.65. The van der Waals surface area contributed by atoms with E-state index in [1.54, 1.807) is 7.05 Å². The second-order valence-corrected chi connectivity index (χ2v) is 5.63. The lowest BCUT2D eigenvalue weighted by atomic mass is 10.2. The highest BCUT2D eigenvalue weighted by molar-refractivity contribution is 5.79. The Kier molecular flexibility index (Phi) is 8.25. The first-order valence-corrected chi connectivity index (χ1v) is 7.93. The molecule has 0 aromatic carbocycles. The summed E-state index contributed by atoms with van der Waals surface area (Å²) in [5.74, 6) is 2.71. The van der Waals surface area contributed by atoms with Crippen LogP contribution in [0.5, 0.6) is 0 Å². The molecule has 0 saturated carbocycles. The third kappa shape index (κ3) is 6.28. The Morgan fingerprint density at radius 1 is 1.45 bits per heavy atom. The van der Waals surface area contributed by atoms with Gasteiger partial charge in [-0.1, -0.05) is 25.1 Å². The fraction of sp³-hybridized carbons (Fsp3) is 0.688. The molecule has 0 aliphatic carbocycles. The van der Waals surface area contributed by atoms with Crippen LogP contribution in [0.3, 0.4) is 0 Å². The molecule has 0 saturated heterocycles. The average molecular weight is 307 g/mol. The maximum Gasteiger partial charge on any atom is 0.226 e. The molecule has 1 aromatic rings. The Bertz CT molecular complexity index is 467. The SMILES string of the molecule is C=CCCCN(C)C(=NC)NCCCc1nc(C(C)C)no1. The molecule has 1 aromatic heterocycles. The van der Waals surface area contributed by atoms with Crippen LogP contribution in [0.4, 0.5) is 0 Å². The van der Waals surface area contributed by atoms with Gasteiger partial charge in [0.25, 0.3) is 0 Å². The minimum Gasteiger partial charge on any atom is -0.356 e.